The molecule has 0 aliphatic rings. The van der Waals surface area contributed by atoms with Gasteiger partial charge in [0.1, 0.15) is 16.8 Å². The minimum Gasteiger partial charge on any atom is -0.495 e. The Bertz CT molecular complexity index is 1280. The molecule has 1 N–H and O–H groups in total. The fourth-order valence-corrected chi connectivity index (χ4v) is 5.83. The molecule has 3 aromatic carbocycles. The van der Waals surface area contributed by atoms with Crippen LogP contribution in [-0.2, 0) is 15.6 Å². The maximum absolute atomic E-state index is 13.3. The van der Waals surface area contributed by atoms with Gasteiger partial charge in [-0.15, -0.1) is 11.8 Å². The van der Waals surface area contributed by atoms with Gasteiger partial charge in [-0.1, -0.05) is 54.1 Å². The van der Waals surface area contributed by atoms with E-state index in [1.54, 1.807) is 36.4 Å². The summed E-state index contributed by atoms with van der Waals surface area (Å²) < 4.78 is 31.7. The van der Waals surface area contributed by atoms with Crippen molar-refractivity contribution in [3.8, 4) is 11.8 Å². The molecule has 0 heterocycles. The number of nitrogens with one attached hydrogen (secondary N) is 1. The monoisotopic (exact) mass is 484 g/mol. The largest absolute Gasteiger partial charge is 0.495 e. The highest BCUT2D eigenvalue weighted by Crippen LogP contribution is 2.34. The molecule has 164 valence electrons. The van der Waals surface area contributed by atoms with Crippen LogP contribution in [0.1, 0.15) is 11.1 Å². The van der Waals surface area contributed by atoms with E-state index in [9.17, 15) is 13.7 Å². The van der Waals surface area contributed by atoms with Gasteiger partial charge in [0.2, 0.25) is 9.84 Å². The molecular weight excluding hydrogens is 464 g/mol. The summed E-state index contributed by atoms with van der Waals surface area (Å²) in [7, 11) is -2.52. The predicted molar refractivity (Wildman–Crippen MR) is 130 cm³/mol. The third-order valence-electron chi connectivity index (χ3n) is 4.67. The van der Waals surface area contributed by atoms with Crippen LogP contribution in [0.2, 0.25) is 5.02 Å². The molecule has 0 saturated heterocycles. The lowest BCUT2D eigenvalue weighted by Gasteiger charge is -2.15. The molecule has 0 unspecified atom stereocenters. The van der Waals surface area contributed by atoms with E-state index in [1.165, 1.54) is 31.0 Å². The Labute approximate surface area is 197 Å². The zero-order valence-electron chi connectivity index (χ0n) is 17.5. The molecule has 0 atom stereocenters. The van der Waals surface area contributed by atoms with E-state index in [-0.39, 0.29) is 14.8 Å². The summed E-state index contributed by atoms with van der Waals surface area (Å²) in [5.41, 5.74) is 2.66. The van der Waals surface area contributed by atoms with E-state index >= 15 is 0 Å². The summed E-state index contributed by atoms with van der Waals surface area (Å²) in [6.07, 6.45) is 0. The summed E-state index contributed by atoms with van der Waals surface area (Å²) in [6.45, 7) is 1.99. The van der Waals surface area contributed by atoms with E-state index in [1.807, 2.05) is 37.3 Å². The molecular formula is C24H21ClN2O3S2. The number of rotatable bonds is 8. The molecule has 0 radical (unpaired) electrons. The molecule has 0 amide bonds. The summed E-state index contributed by atoms with van der Waals surface area (Å²) in [5, 5.41) is 13.6. The lowest BCUT2D eigenvalue weighted by molar-refractivity contribution is 0.415. The maximum Gasteiger partial charge on any atom is 0.219 e. The molecule has 0 spiro atoms. The van der Waals surface area contributed by atoms with Gasteiger partial charge in [-0.3, -0.25) is 0 Å². The zero-order chi connectivity index (χ0) is 23.1. The first-order valence-electron chi connectivity index (χ1n) is 9.59. The number of sulfone groups is 1. The normalized spacial score (nSPS) is 11.9. The number of nitrogens with zero attached hydrogens (tertiary/aromatic N) is 1. The minimum atomic E-state index is -4.03. The lowest BCUT2D eigenvalue weighted by atomic mass is 10.1. The Kier molecular flexibility index (Phi) is 7.86. The highest BCUT2D eigenvalue weighted by molar-refractivity contribution is 8.04. The van der Waals surface area contributed by atoms with Crippen LogP contribution in [0.5, 0.6) is 5.75 Å². The van der Waals surface area contributed by atoms with Crippen molar-refractivity contribution in [2.75, 3.05) is 12.4 Å². The first-order chi connectivity index (χ1) is 15.4. The third kappa shape index (κ3) is 5.46. The van der Waals surface area contributed by atoms with Crippen LogP contribution in [0.4, 0.5) is 5.69 Å². The number of hydrogen-bond donors (Lipinski definition) is 1. The second-order valence-corrected chi connectivity index (χ2v) is 10.1. The smallest absolute Gasteiger partial charge is 0.219 e. The summed E-state index contributed by atoms with van der Waals surface area (Å²) >= 11 is 7.48. The van der Waals surface area contributed by atoms with Crippen LogP contribution in [0.3, 0.4) is 0 Å². The lowest BCUT2D eigenvalue weighted by Crippen LogP contribution is -2.10. The Morgan fingerprint density at radius 1 is 1.09 bits per heavy atom. The van der Waals surface area contributed by atoms with Crippen LogP contribution in [0, 0.1) is 18.3 Å². The van der Waals surface area contributed by atoms with Crippen molar-refractivity contribution >= 4 is 38.9 Å². The Balaban J connectivity index is 2.06. The number of allylic oxidation sites excluding steroid dienone is 1. The number of thioether (sulfide) groups is 1. The van der Waals surface area contributed by atoms with Gasteiger partial charge in [-0.2, -0.15) is 5.26 Å². The van der Waals surface area contributed by atoms with Crippen molar-refractivity contribution in [1.29, 1.82) is 5.26 Å². The van der Waals surface area contributed by atoms with Crippen molar-refractivity contribution in [3.05, 3.63) is 98.9 Å². The standard InChI is InChI=1S/C24H21ClN2O3S2/c1-17-8-6-7-9-18(17)16-31-24(27-19-12-13-22(30-2)21(25)14-19)23(15-26)32(28,29)20-10-4-3-5-11-20/h3-14,27H,16H2,1-2H3/b24-23+. The van der Waals surface area contributed by atoms with Crippen LogP contribution in [-0.4, -0.2) is 15.5 Å². The van der Waals surface area contributed by atoms with Gasteiger partial charge in [0.05, 0.1) is 17.0 Å². The molecule has 0 bridgehead atoms. The zero-order valence-corrected chi connectivity index (χ0v) is 19.9. The van der Waals surface area contributed by atoms with Crippen molar-refractivity contribution in [3.63, 3.8) is 0 Å². The van der Waals surface area contributed by atoms with Crippen molar-refractivity contribution < 1.29 is 13.2 Å². The summed E-state index contributed by atoms with van der Waals surface area (Å²) in [6, 6.07) is 22.7. The Hall–Kier alpha value is -2.92. The van der Waals surface area contributed by atoms with Crippen LogP contribution >= 0.6 is 23.4 Å². The van der Waals surface area contributed by atoms with E-state index in [4.69, 9.17) is 16.3 Å². The molecule has 0 saturated carbocycles. The topological polar surface area (TPSA) is 79.2 Å². The number of halogens is 1. The second kappa shape index (κ2) is 10.6. The molecule has 5 nitrogen and oxygen atoms in total. The first kappa shape index (κ1) is 23.7. The Morgan fingerprint density at radius 2 is 1.78 bits per heavy atom. The van der Waals surface area contributed by atoms with Crippen LogP contribution in [0.25, 0.3) is 0 Å². The summed E-state index contributed by atoms with van der Waals surface area (Å²) in [5.74, 6) is 0.974. The van der Waals surface area contributed by atoms with Gasteiger partial charge in [0.25, 0.3) is 0 Å². The van der Waals surface area contributed by atoms with E-state index < -0.39 is 9.84 Å². The van der Waals surface area contributed by atoms with Gasteiger partial charge in [-0.25, -0.2) is 8.42 Å². The molecule has 0 fully saturated rings. The van der Waals surface area contributed by atoms with Crippen LogP contribution in [0.15, 0.2) is 87.6 Å². The van der Waals surface area contributed by atoms with Crippen molar-refractivity contribution in [1.82, 2.24) is 0 Å². The summed E-state index contributed by atoms with van der Waals surface area (Å²) in [4.78, 5) is -0.297. The number of methoxy groups -OCH3 is 1. The molecule has 3 aromatic rings. The molecule has 0 aromatic heterocycles. The molecule has 8 heteroatoms. The van der Waals surface area contributed by atoms with E-state index in [2.05, 4.69) is 5.32 Å². The number of benzene rings is 3. The van der Waals surface area contributed by atoms with Gasteiger partial charge >= 0.3 is 0 Å². The highest BCUT2D eigenvalue weighted by atomic mass is 35.5. The fourth-order valence-electron chi connectivity index (χ4n) is 2.91. The number of nitriles is 1. The van der Waals surface area contributed by atoms with E-state index in [0.29, 0.717) is 22.2 Å². The first-order valence-corrected chi connectivity index (χ1v) is 12.4. The molecule has 0 aliphatic carbocycles. The average molecular weight is 485 g/mol. The quantitative estimate of drug-likeness (QED) is 0.385. The van der Waals surface area contributed by atoms with Gasteiger partial charge in [0, 0.05) is 11.4 Å². The Morgan fingerprint density at radius 3 is 2.41 bits per heavy atom. The van der Waals surface area contributed by atoms with Gasteiger partial charge in [-0.05, 0) is 48.4 Å². The maximum atomic E-state index is 13.3. The number of ether oxygens (including phenoxy) is 1. The minimum absolute atomic E-state index is 0.0557. The second-order valence-electron chi connectivity index (χ2n) is 6.78. The molecule has 0 aliphatic heterocycles. The highest BCUT2D eigenvalue weighted by Gasteiger charge is 2.25. The van der Waals surface area contributed by atoms with Gasteiger partial charge in [0.15, 0.2) is 4.91 Å². The number of aryl methyl sites for hydroxylation is 1. The third-order valence-corrected chi connectivity index (χ3v) is 7.87. The van der Waals surface area contributed by atoms with Crippen molar-refractivity contribution in [2.45, 2.75) is 17.6 Å². The number of anilines is 1. The van der Waals surface area contributed by atoms with Gasteiger partial charge < -0.3 is 10.1 Å². The molecule has 3 rings (SSSR count). The fraction of sp³-hybridized carbons (Fsp3) is 0.125. The average Bonchev–Trinajstić information content (AvgIpc) is 2.79. The predicted octanol–water partition coefficient (Wildman–Crippen LogP) is 6.17. The molecule has 32 heavy (non-hydrogen) atoms. The van der Waals surface area contributed by atoms with Crippen molar-refractivity contribution in [2.24, 2.45) is 0 Å². The SMILES string of the molecule is COc1ccc(N/C(SCc2ccccc2C)=C(/C#N)S(=O)(=O)c2ccccc2)cc1Cl. The number of hydrogen-bond acceptors (Lipinski definition) is 6. The van der Waals surface area contributed by atoms with Crippen LogP contribution < -0.4 is 10.1 Å². The van der Waals surface area contributed by atoms with E-state index in [0.717, 1.165) is 11.1 Å².